The van der Waals surface area contributed by atoms with Crippen molar-refractivity contribution in [2.24, 2.45) is 5.92 Å². The van der Waals surface area contributed by atoms with Gasteiger partial charge in [-0.15, -0.1) is 0 Å². The third-order valence-electron chi connectivity index (χ3n) is 3.06. The lowest BCUT2D eigenvalue weighted by Gasteiger charge is -2.14. The zero-order valence-corrected chi connectivity index (χ0v) is 9.12. The third kappa shape index (κ3) is 2.27. The highest BCUT2D eigenvalue weighted by Gasteiger charge is 2.77. The normalized spacial score (nSPS) is 35.1. The van der Waals surface area contributed by atoms with Gasteiger partial charge in [0, 0.05) is 6.61 Å². The van der Waals surface area contributed by atoms with Crippen LogP contribution in [-0.4, -0.2) is 25.3 Å². The minimum absolute atomic E-state index is 0.0817. The standard InChI is InChI=1S/C11H20O3/c1-3-5-6-9(4-2)7-12-8-11-10(13-11)14-11/h9-10H,3-8H2,1-2H3. The summed E-state index contributed by atoms with van der Waals surface area (Å²) in [6.07, 6.45) is 5.15. The van der Waals surface area contributed by atoms with E-state index in [4.69, 9.17) is 14.2 Å². The first kappa shape index (κ1) is 10.4. The van der Waals surface area contributed by atoms with Gasteiger partial charge in [0.15, 0.2) is 0 Å². The van der Waals surface area contributed by atoms with E-state index >= 15 is 0 Å². The molecule has 2 aliphatic rings. The molecule has 0 aromatic heterocycles. The molecule has 0 aromatic carbocycles. The van der Waals surface area contributed by atoms with E-state index < -0.39 is 0 Å². The molecule has 1 atom stereocenters. The maximum Gasteiger partial charge on any atom is 0.249 e. The molecule has 0 saturated carbocycles. The van der Waals surface area contributed by atoms with E-state index in [1.807, 2.05) is 0 Å². The maximum absolute atomic E-state index is 5.60. The van der Waals surface area contributed by atoms with Crippen LogP contribution in [0.15, 0.2) is 0 Å². The van der Waals surface area contributed by atoms with Gasteiger partial charge >= 0.3 is 0 Å². The quantitative estimate of drug-likeness (QED) is 0.564. The van der Waals surface area contributed by atoms with E-state index in [1.54, 1.807) is 0 Å². The van der Waals surface area contributed by atoms with Crippen LogP contribution in [-0.2, 0) is 14.2 Å². The minimum Gasteiger partial charge on any atom is -0.375 e. The van der Waals surface area contributed by atoms with Gasteiger partial charge < -0.3 is 14.2 Å². The molecule has 2 aliphatic heterocycles. The zero-order valence-electron chi connectivity index (χ0n) is 9.12. The molecule has 1 unspecified atom stereocenters. The van der Waals surface area contributed by atoms with Crippen LogP contribution in [0.3, 0.4) is 0 Å². The smallest absolute Gasteiger partial charge is 0.249 e. The minimum atomic E-state index is -0.275. The molecule has 14 heavy (non-hydrogen) atoms. The van der Waals surface area contributed by atoms with Crippen molar-refractivity contribution in [2.75, 3.05) is 13.2 Å². The topological polar surface area (TPSA) is 34.3 Å². The van der Waals surface area contributed by atoms with E-state index in [1.165, 1.54) is 25.7 Å². The first-order valence-corrected chi connectivity index (χ1v) is 5.74. The van der Waals surface area contributed by atoms with Crippen LogP contribution in [0.5, 0.6) is 0 Å². The van der Waals surface area contributed by atoms with Crippen molar-refractivity contribution >= 4 is 0 Å². The zero-order chi connectivity index (χ0) is 10.0. The fourth-order valence-electron chi connectivity index (χ4n) is 1.71. The van der Waals surface area contributed by atoms with Crippen LogP contribution >= 0.6 is 0 Å². The summed E-state index contributed by atoms with van der Waals surface area (Å²) in [5.74, 6) is 0.436. The molecule has 2 rings (SSSR count). The van der Waals surface area contributed by atoms with Crippen LogP contribution in [0.2, 0.25) is 0 Å². The first-order valence-electron chi connectivity index (χ1n) is 5.74. The van der Waals surface area contributed by atoms with Crippen molar-refractivity contribution < 1.29 is 14.2 Å². The highest BCUT2D eigenvalue weighted by molar-refractivity contribution is 5.02. The molecule has 0 aromatic rings. The van der Waals surface area contributed by atoms with Gasteiger partial charge in [-0.3, -0.25) is 0 Å². The Bertz CT molecular complexity index is 187. The van der Waals surface area contributed by atoms with Gasteiger partial charge in [0.05, 0.1) is 0 Å². The number of hydrogen-bond acceptors (Lipinski definition) is 3. The van der Waals surface area contributed by atoms with Gasteiger partial charge in [-0.2, -0.15) is 0 Å². The molecule has 0 bridgehead atoms. The van der Waals surface area contributed by atoms with Gasteiger partial charge in [0.2, 0.25) is 12.1 Å². The highest BCUT2D eigenvalue weighted by atomic mass is 17.0. The number of epoxide rings is 2. The summed E-state index contributed by atoms with van der Waals surface area (Å²) in [7, 11) is 0. The Labute approximate surface area is 85.7 Å². The van der Waals surface area contributed by atoms with Crippen LogP contribution in [0.1, 0.15) is 39.5 Å². The molecule has 0 radical (unpaired) electrons. The number of ether oxygens (including phenoxy) is 3. The number of rotatable bonds is 8. The van der Waals surface area contributed by atoms with E-state index in [0.717, 1.165) is 6.61 Å². The Kier molecular flexibility index (Phi) is 3.10. The summed E-state index contributed by atoms with van der Waals surface area (Å²) >= 11 is 0. The Balaban J connectivity index is 1.52. The van der Waals surface area contributed by atoms with Crippen molar-refractivity contribution in [2.45, 2.75) is 51.6 Å². The predicted octanol–water partition coefficient (Wildman–Crippen LogP) is 2.30. The van der Waals surface area contributed by atoms with Gasteiger partial charge in [-0.05, 0) is 12.3 Å². The predicted molar refractivity (Wildman–Crippen MR) is 52.8 cm³/mol. The Morgan fingerprint density at radius 2 is 2.07 bits per heavy atom. The maximum atomic E-state index is 5.60. The lowest BCUT2D eigenvalue weighted by atomic mass is 10.0. The lowest BCUT2D eigenvalue weighted by molar-refractivity contribution is -0.0899. The van der Waals surface area contributed by atoms with Crippen molar-refractivity contribution in [1.82, 2.24) is 0 Å². The Morgan fingerprint density at radius 3 is 2.57 bits per heavy atom. The van der Waals surface area contributed by atoms with Gasteiger partial charge in [-0.1, -0.05) is 33.1 Å². The van der Waals surface area contributed by atoms with E-state index in [2.05, 4.69) is 13.8 Å². The number of fused-ring (bicyclic) bond motifs is 1. The van der Waals surface area contributed by atoms with Crippen LogP contribution in [0, 0.1) is 5.92 Å². The van der Waals surface area contributed by atoms with Gasteiger partial charge in [0.1, 0.15) is 6.61 Å². The SMILES string of the molecule is CCCCC(CC)COCC12OC1O2. The van der Waals surface area contributed by atoms with E-state index in [-0.39, 0.29) is 12.1 Å². The van der Waals surface area contributed by atoms with Crippen molar-refractivity contribution in [3.63, 3.8) is 0 Å². The van der Waals surface area contributed by atoms with Crippen molar-refractivity contribution in [3.05, 3.63) is 0 Å². The molecule has 0 spiro atoms. The molecular formula is C11H20O3. The molecular weight excluding hydrogens is 180 g/mol. The van der Waals surface area contributed by atoms with E-state index in [0.29, 0.717) is 12.5 Å². The molecule has 0 N–H and O–H groups in total. The van der Waals surface area contributed by atoms with Crippen molar-refractivity contribution in [3.8, 4) is 0 Å². The van der Waals surface area contributed by atoms with Crippen LogP contribution < -0.4 is 0 Å². The van der Waals surface area contributed by atoms with Crippen molar-refractivity contribution in [1.29, 1.82) is 0 Å². The largest absolute Gasteiger partial charge is 0.375 e. The second-order valence-electron chi connectivity index (χ2n) is 4.31. The Morgan fingerprint density at radius 1 is 1.36 bits per heavy atom. The molecule has 2 fully saturated rings. The third-order valence-corrected chi connectivity index (χ3v) is 3.06. The first-order chi connectivity index (χ1) is 6.80. The molecule has 2 heterocycles. The molecule has 0 aliphatic carbocycles. The van der Waals surface area contributed by atoms with E-state index in [9.17, 15) is 0 Å². The Hall–Kier alpha value is -0.120. The fraction of sp³-hybridized carbons (Fsp3) is 1.00. The summed E-state index contributed by atoms with van der Waals surface area (Å²) in [4.78, 5) is 0. The van der Waals surface area contributed by atoms with Gasteiger partial charge in [0.25, 0.3) is 0 Å². The average molecular weight is 200 g/mol. The lowest BCUT2D eigenvalue weighted by Crippen LogP contribution is -2.15. The summed E-state index contributed by atoms with van der Waals surface area (Å²) < 4.78 is 15.9. The fourth-order valence-corrected chi connectivity index (χ4v) is 1.71. The molecule has 0 amide bonds. The van der Waals surface area contributed by atoms with Crippen LogP contribution in [0.25, 0.3) is 0 Å². The summed E-state index contributed by atoms with van der Waals surface area (Å²) in [5, 5.41) is 0. The monoisotopic (exact) mass is 200 g/mol. The average Bonchev–Trinajstić information content (AvgIpc) is 2.99. The van der Waals surface area contributed by atoms with Crippen LogP contribution in [0.4, 0.5) is 0 Å². The second-order valence-corrected chi connectivity index (χ2v) is 4.31. The number of unbranched alkanes of at least 4 members (excludes halogenated alkanes) is 1. The summed E-state index contributed by atoms with van der Waals surface area (Å²) in [6.45, 7) is 5.94. The number of hydrogen-bond donors (Lipinski definition) is 0. The molecule has 3 nitrogen and oxygen atoms in total. The molecule has 3 heteroatoms. The second kappa shape index (κ2) is 4.17. The van der Waals surface area contributed by atoms with Gasteiger partial charge in [-0.25, -0.2) is 0 Å². The molecule has 2 saturated heterocycles. The summed E-state index contributed by atoms with van der Waals surface area (Å²) in [5.41, 5.74) is 0. The highest BCUT2D eigenvalue weighted by Crippen LogP contribution is 2.55. The summed E-state index contributed by atoms with van der Waals surface area (Å²) in [6, 6.07) is 0. The molecule has 82 valence electrons.